The van der Waals surface area contributed by atoms with Gasteiger partial charge >= 0.3 is 0 Å². The summed E-state index contributed by atoms with van der Waals surface area (Å²) in [4.78, 5) is 26.3. The maximum atomic E-state index is 12.6. The molecule has 0 bridgehead atoms. The van der Waals surface area contributed by atoms with Crippen LogP contribution in [0.4, 0.5) is 5.69 Å². The number of carbonyl (C=O) groups excluding carboxylic acids is 2. The molecule has 0 aliphatic heterocycles. The third-order valence-corrected chi connectivity index (χ3v) is 4.48. The van der Waals surface area contributed by atoms with Crippen LogP contribution in [0.1, 0.15) is 51.8 Å². The van der Waals surface area contributed by atoms with Gasteiger partial charge in [0.25, 0.3) is 0 Å². The van der Waals surface area contributed by atoms with Crippen molar-refractivity contribution in [2.24, 2.45) is 0 Å². The van der Waals surface area contributed by atoms with E-state index in [0.717, 1.165) is 16.8 Å². The molecule has 26 heavy (non-hydrogen) atoms. The molecule has 4 heteroatoms. The number of para-hydroxylation sites is 1. The van der Waals surface area contributed by atoms with Gasteiger partial charge in [0, 0.05) is 12.6 Å². The lowest BCUT2D eigenvalue weighted by Gasteiger charge is -2.29. The summed E-state index contributed by atoms with van der Waals surface area (Å²) in [5.41, 5.74) is 2.78. The molecule has 0 radical (unpaired) electrons. The molecule has 2 rings (SSSR count). The zero-order chi connectivity index (χ0) is 19.3. The minimum Gasteiger partial charge on any atom is -0.327 e. The second-order valence-electron chi connectivity index (χ2n) is 7.58. The number of anilines is 1. The summed E-state index contributed by atoms with van der Waals surface area (Å²) >= 11 is 0. The van der Waals surface area contributed by atoms with E-state index in [4.69, 9.17) is 0 Å². The quantitative estimate of drug-likeness (QED) is 0.859. The summed E-state index contributed by atoms with van der Waals surface area (Å²) in [6.45, 7) is 9.78. The number of nitrogens with one attached hydrogen (secondary N) is 1. The highest BCUT2D eigenvalue weighted by molar-refractivity contribution is 5.95. The fraction of sp³-hybridized carbons (Fsp3) is 0.364. The van der Waals surface area contributed by atoms with Crippen molar-refractivity contribution in [3.8, 4) is 0 Å². The maximum Gasteiger partial charge on any atom is 0.244 e. The molecule has 2 aromatic carbocycles. The smallest absolute Gasteiger partial charge is 0.244 e. The summed E-state index contributed by atoms with van der Waals surface area (Å²) in [5, 5.41) is 2.98. The molecular weight excluding hydrogens is 324 g/mol. The van der Waals surface area contributed by atoms with E-state index in [9.17, 15) is 9.59 Å². The average Bonchev–Trinajstić information content (AvgIpc) is 2.59. The largest absolute Gasteiger partial charge is 0.327 e. The Morgan fingerprint density at radius 2 is 1.58 bits per heavy atom. The van der Waals surface area contributed by atoms with Crippen molar-refractivity contribution in [1.29, 1.82) is 0 Å². The molecular formula is C22H28N2O2. The SMILES string of the molecule is CC(=O)N(CC(=O)Nc1ccccc1C(C)(C)C)C(C)c1ccccc1. The van der Waals surface area contributed by atoms with Gasteiger partial charge in [-0.05, 0) is 29.5 Å². The van der Waals surface area contributed by atoms with E-state index in [0.29, 0.717) is 0 Å². The molecule has 0 saturated heterocycles. The van der Waals surface area contributed by atoms with Gasteiger partial charge < -0.3 is 10.2 Å². The fourth-order valence-electron chi connectivity index (χ4n) is 3.02. The predicted molar refractivity (Wildman–Crippen MR) is 106 cm³/mol. The van der Waals surface area contributed by atoms with Gasteiger partial charge in [-0.3, -0.25) is 9.59 Å². The van der Waals surface area contributed by atoms with E-state index in [1.165, 1.54) is 6.92 Å². The minimum atomic E-state index is -0.195. The lowest BCUT2D eigenvalue weighted by molar-refractivity contribution is -0.134. The summed E-state index contributed by atoms with van der Waals surface area (Å²) in [5.74, 6) is -0.319. The van der Waals surface area contributed by atoms with Gasteiger partial charge in [0.05, 0.1) is 6.04 Å². The lowest BCUT2D eigenvalue weighted by atomic mass is 9.86. The molecule has 1 N–H and O–H groups in total. The van der Waals surface area contributed by atoms with E-state index in [1.54, 1.807) is 4.90 Å². The second kappa shape index (κ2) is 8.17. The molecule has 0 aromatic heterocycles. The van der Waals surface area contributed by atoms with Gasteiger partial charge in [0.15, 0.2) is 0 Å². The zero-order valence-electron chi connectivity index (χ0n) is 16.2. The second-order valence-corrected chi connectivity index (χ2v) is 7.58. The first-order valence-electron chi connectivity index (χ1n) is 8.91. The Labute approximate surface area is 156 Å². The van der Waals surface area contributed by atoms with E-state index in [-0.39, 0.29) is 29.8 Å². The molecule has 0 aliphatic carbocycles. The number of rotatable bonds is 5. The lowest BCUT2D eigenvalue weighted by Crippen LogP contribution is -2.38. The molecule has 1 atom stereocenters. The van der Waals surface area contributed by atoms with Crippen LogP contribution in [0.5, 0.6) is 0 Å². The highest BCUT2D eigenvalue weighted by Gasteiger charge is 2.23. The number of carbonyl (C=O) groups is 2. The predicted octanol–water partition coefficient (Wildman–Crippen LogP) is 4.53. The maximum absolute atomic E-state index is 12.6. The molecule has 0 fully saturated rings. The molecule has 0 heterocycles. The Morgan fingerprint density at radius 3 is 2.15 bits per heavy atom. The number of hydrogen-bond acceptors (Lipinski definition) is 2. The number of benzene rings is 2. The van der Waals surface area contributed by atoms with Crippen LogP contribution in [0.15, 0.2) is 54.6 Å². The first-order valence-corrected chi connectivity index (χ1v) is 8.91. The van der Waals surface area contributed by atoms with Crippen molar-refractivity contribution < 1.29 is 9.59 Å². The fourth-order valence-corrected chi connectivity index (χ4v) is 3.02. The van der Waals surface area contributed by atoms with Gasteiger partial charge in [-0.15, -0.1) is 0 Å². The average molecular weight is 352 g/mol. The summed E-state index contributed by atoms with van der Waals surface area (Å²) in [7, 11) is 0. The molecule has 138 valence electrons. The minimum absolute atomic E-state index is 0.0177. The number of nitrogens with zero attached hydrogens (tertiary/aromatic N) is 1. The summed E-state index contributed by atoms with van der Waals surface area (Å²) in [6.07, 6.45) is 0. The van der Waals surface area contributed by atoms with Gasteiger partial charge in [-0.1, -0.05) is 69.3 Å². The van der Waals surface area contributed by atoms with Crippen LogP contribution < -0.4 is 5.32 Å². The summed E-state index contributed by atoms with van der Waals surface area (Å²) < 4.78 is 0. The van der Waals surface area contributed by atoms with Crippen LogP contribution in [0.3, 0.4) is 0 Å². The number of amides is 2. The van der Waals surface area contributed by atoms with Crippen molar-refractivity contribution in [2.45, 2.75) is 46.1 Å². The highest BCUT2D eigenvalue weighted by atomic mass is 16.2. The van der Waals surface area contributed by atoms with Crippen LogP contribution >= 0.6 is 0 Å². The topological polar surface area (TPSA) is 49.4 Å². The summed E-state index contributed by atoms with van der Waals surface area (Å²) in [6, 6.07) is 17.4. The molecule has 4 nitrogen and oxygen atoms in total. The van der Waals surface area contributed by atoms with Crippen molar-refractivity contribution >= 4 is 17.5 Å². The standard InChI is InChI=1S/C22H28N2O2/c1-16(18-11-7-6-8-12-18)24(17(2)25)15-21(26)23-20-14-10-9-13-19(20)22(3,4)5/h6-14,16H,15H2,1-5H3,(H,23,26). The van der Waals surface area contributed by atoms with Gasteiger partial charge in [-0.25, -0.2) is 0 Å². The Balaban J connectivity index is 2.16. The number of hydrogen-bond donors (Lipinski definition) is 1. The monoisotopic (exact) mass is 352 g/mol. The van der Waals surface area contributed by atoms with E-state index < -0.39 is 0 Å². The molecule has 1 unspecified atom stereocenters. The van der Waals surface area contributed by atoms with Crippen LogP contribution in [0, 0.1) is 0 Å². The molecule has 0 aliphatic rings. The van der Waals surface area contributed by atoms with E-state index in [2.05, 4.69) is 26.1 Å². The molecule has 2 amide bonds. The Hall–Kier alpha value is -2.62. The third kappa shape index (κ3) is 4.94. The first-order chi connectivity index (χ1) is 12.2. The van der Waals surface area contributed by atoms with Crippen molar-refractivity contribution in [1.82, 2.24) is 4.90 Å². The van der Waals surface area contributed by atoms with Gasteiger partial charge in [0.2, 0.25) is 11.8 Å². The van der Waals surface area contributed by atoms with Crippen molar-refractivity contribution in [2.75, 3.05) is 11.9 Å². The van der Waals surface area contributed by atoms with Gasteiger partial charge in [0.1, 0.15) is 6.54 Å². The van der Waals surface area contributed by atoms with E-state index in [1.807, 2.05) is 61.5 Å². The molecule has 0 spiro atoms. The van der Waals surface area contributed by atoms with Crippen LogP contribution in [0.2, 0.25) is 0 Å². The van der Waals surface area contributed by atoms with E-state index >= 15 is 0 Å². The van der Waals surface area contributed by atoms with Crippen LogP contribution in [0.25, 0.3) is 0 Å². The third-order valence-electron chi connectivity index (χ3n) is 4.48. The van der Waals surface area contributed by atoms with Crippen LogP contribution in [-0.4, -0.2) is 23.3 Å². The zero-order valence-corrected chi connectivity index (χ0v) is 16.2. The van der Waals surface area contributed by atoms with Crippen LogP contribution in [-0.2, 0) is 15.0 Å². The van der Waals surface area contributed by atoms with Crippen molar-refractivity contribution in [3.63, 3.8) is 0 Å². The van der Waals surface area contributed by atoms with Crippen molar-refractivity contribution in [3.05, 3.63) is 65.7 Å². The Morgan fingerprint density at radius 1 is 1.00 bits per heavy atom. The highest BCUT2D eigenvalue weighted by Crippen LogP contribution is 2.29. The Kier molecular flexibility index (Phi) is 6.19. The first kappa shape index (κ1) is 19.7. The Bertz CT molecular complexity index is 763. The molecule has 0 saturated carbocycles. The normalized spacial score (nSPS) is 12.3. The molecule has 2 aromatic rings. The van der Waals surface area contributed by atoms with Gasteiger partial charge in [-0.2, -0.15) is 0 Å².